The Morgan fingerprint density at radius 1 is 1.28 bits per heavy atom. The van der Waals surface area contributed by atoms with Crippen LogP contribution in [0.1, 0.15) is 0 Å². The van der Waals surface area contributed by atoms with Crippen LogP contribution in [0, 0.1) is 5.92 Å². The summed E-state index contributed by atoms with van der Waals surface area (Å²) in [5, 5.41) is 3.30. The zero-order chi connectivity index (χ0) is 12.4. The molecule has 0 radical (unpaired) electrons. The van der Waals surface area contributed by atoms with Crippen molar-refractivity contribution in [3.8, 4) is 0 Å². The van der Waals surface area contributed by atoms with Gasteiger partial charge in [0.25, 0.3) is 5.91 Å². The highest BCUT2D eigenvalue weighted by Crippen LogP contribution is 2.16. The summed E-state index contributed by atoms with van der Waals surface area (Å²) in [6, 6.07) is 0. The van der Waals surface area contributed by atoms with Gasteiger partial charge in [0.1, 0.15) is 11.8 Å². The van der Waals surface area contributed by atoms with Gasteiger partial charge in [0.15, 0.2) is 0 Å². The summed E-state index contributed by atoms with van der Waals surface area (Å²) in [7, 11) is 0. The van der Waals surface area contributed by atoms with Crippen molar-refractivity contribution in [2.75, 3.05) is 32.7 Å². The van der Waals surface area contributed by atoms with Crippen LogP contribution in [0.5, 0.6) is 0 Å². The molecule has 0 aromatic carbocycles. The van der Waals surface area contributed by atoms with E-state index in [0.717, 1.165) is 31.9 Å². The van der Waals surface area contributed by atoms with Gasteiger partial charge in [0.2, 0.25) is 0 Å². The lowest BCUT2D eigenvalue weighted by molar-refractivity contribution is -0.118. The summed E-state index contributed by atoms with van der Waals surface area (Å²) in [6.45, 7) is 4.61. The van der Waals surface area contributed by atoms with E-state index in [1.807, 2.05) is 24.3 Å². The predicted octanol–water partition coefficient (Wildman–Crippen LogP) is 0.0135. The molecule has 94 valence electrons. The Labute approximate surface area is 106 Å². The second-order valence-electron chi connectivity index (χ2n) is 4.65. The molecule has 1 atom stereocenters. The first-order valence-electron chi connectivity index (χ1n) is 6.31. The number of amidine groups is 1. The molecule has 0 spiro atoms. The highest BCUT2D eigenvalue weighted by Gasteiger charge is 2.26. The van der Waals surface area contributed by atoms with E-state index in [1.165, 1.54) is 0 Å². The molecule has 1 saturated heterocycles. The van der Waals surface area contributed by atoms with Gasteiger partial charge in [-0.2, -0.15) is 4.99 Å². The van der Waals surface area contributed by atoms with E-state index >= 15 is 0 Å². The van der Waals surface area contributed by atoms with Crippen LogP contribution in [0.2, 0.25) is 0 Å². The molecule has 0 bridgehead atoms. The lowest BCUT2D eigenvalue weighted by Crippen LogP contribution is -2.46. The van der Waals surface area contributed by atoms with Crippen molar-refractivity contribution in [2.45, 2.75) is 0 Å². The Kier molecular flexibility index (Phi) is 3.17. The zero-order valence-electron chi connectivity index (χ0n) is 10.2. The number of hydrogen-bond donors (Lipinski definition) is 1. The van der Waals surface area contributed by atoms with Gasteiger partial charge in [-0.1, -0.05) is 18.2 Å². The molecule has 2 heterocycles. The quantitative estimate of drug-likeness (QED) is 0.744. The number of hydrogen-bond acceptors (Lipinski definition) is 4. The van der Waals surface area contributed by atoms with Crippen molar-refractivity contribution in [1.29, 1.82) is 0 Å². The minimum atomic E-state index is -0.262. The number of piperazine rings is 1. The molecule has 1 amide bonds. The van der Waals surface area contributed by atoms with Crippen molar-refractivity contribution in [3.05, 3.63) is 24.3 Å². The van der Waals surface area contributed by atoms with Crippen LogP contribution in [0.25, 0.3) is 0 Å². The van der Waals surface area contributed by atoms with Crippen molar-refractivity contribution in [1.82, 2.24) is 10.2 Å². The van der Waals surface area contributed by atoms with Gasteiger partial charge in [0, 0.05) is 26.2 Å². The first-order chi connectivity index (χ1) is 8.83. The third-order valence-electron chi connectivity index (χ3n) is 3.34. The summed E-state index contributed by atoms with van der Waals surface area (Å²) in [5.74, 6) is 0.292. The van der Waals surface area contributed by atoms with Crippen molar-refractivity contribution < 1.29 is 4.79 Å². The Bertz CT molecular complexity index is 469. The van der Waals surface area contributed by atoms with Crippen LogP contribution in [-0.2, 0) is 4.79 Å². The van der Waals surface area contributed by atoms with E-state index < -0.39 is 0 Å². The van der Waals surface area contributed by atoms with Gasteiger partial charge in [-0.25, -0.2) is 4.99 Å². The third kappa shape index (κ3) is 2.32. The maximum Gasteiger partial charge on any atom is 0.260 e. The smallest absolute Gasteiger partial charge is 0.260 e. The standard InChI is InChI=1S/C13H16N4O/c18-13-10-3-1-2-4-11(10)15-12(16-13)9-17-7-5-14-6-8-17/h1-4,10,14H,5-9H2. The van der Waals surface area contributed by atoms with Gasteiger partial charge >= 0.3 is 0 Å². The first-order valence-corrected chi connectivity index (χ1v) is 6.31. The van der Waals surface area contributed by atoms with E-state index in [2.05, 4.69) is 20.2 Å². The van der Waals surface area contributed by atoms with Gasteiger partial charge in [-0.05, 0) is 6.08 Å². The Balaban J connectivity index is 1.73. The largest absolute Gasteiger partial charge is 0.314 e. The average Bonchev–Trinajstić information content (AvgIpc) is 2.40. The number of amides is 1. The summed E-state index contributed by atoms with van der Waals surface area (Å²) in [4.78, 5) is 22.8. The SMILES string of the molecule is O=C1N=C(CN2CCNCC2)N=C2C=CC=CC12. The van der Waals surface area contributed by atoms with Crippen LogP contribution >= 0.6 is 0 Å². The number of allylic oxidation sites excluding steroid dienone is 3. The number of nitrogens with zero attached hydrogens (tertiary/aromatic N) is 3. The fourth-order valence-electron chi connectivity index (χ4n) is 2.36. The lowest BCUT2D eigenvalue weighted by Gasteiger charge is -2.27. The second kappa shape index (κ2) is 4.96. The molecule has 18 heavy (non-hydrogen) atoms. The molecule has 1 unspecified atom stereocenters. The van der Waals surface area contributed by atoms with E-state index in [1.54, 1.807) is 0 Å². The molecule has 0 aromatic rings. The van der Waals surface area contributed by atoms with Crippen molar-refractivity contribution in [3.63, 3.8) is 0 Å². The fraction of sp³-hybridized carbons (Fsp3) is 0.462. The van der Waals surface area contributed by atoms with Crippen molar-refractivity contribution >= 4 is 17.5 Å². The monoisotopic (exact) mass is 244 g/mol. The molecular formula is C13H16N4O. The molecule has 1 aliphatic carbocycles. The number of fused-ring (bicyclic) bond motifs is 1. The number of aliphatic imine (C=N–C) groups is 2. The summed E-state index contributed by atoms with van der Waals surface area (Å²) in [6.07, 6.45) is 7.54. The van der Waals surface area contributed by atoms with Gasteiger partial charge in [-0.15, -0.1) is 0 Å². The summed E-state index contributed by atoms with van der Waals surface area (Å²) >= 11 is 0. The second-order valence-corrected chi connectivity index (χ2v) is 4.65. The molecule has 3 rings (SSSR count). The Morgan fingerprint density at radius 3 is 2.94 bits per heavy atom. The van der Waals surface area contributed by atoms with E-state index in [4.69, 9.17) is 0 Å². The number of carbonyl (C=O) groups excluding carboxylic acids is 1. The van der Waals surface area contributed by atoms with Gasteiger partial charge < -0.3 is 5.32 Å². The van der Waals surface area contributed by atoms with Gasteiger partial charge in [0.05, 0.1) is 12.3 Å². The Morgan fingerprint density at radius 2 is 2.11 bits per heavy atom. The topological polar surface area (TPSA) is 57.1 Å². The first kappa shape index (κ1) is 11.5. The lowest BCUT2D eigenvalue weighted by atomic mass is 9.96. The zero-order valence-corrected chi connectivity index (χ0v) is 10.2. The minimum Gasteiger partial charge on any atom is -0.314 e. The summed E-state index contributed by atoms with van der Waals surface area (Å²) < 4.78 is 0. The van der Waals surface area contributed by atoms with Crippen LogP contribution in [0.4, 0.5) is 0 Å². The molecule has 0 aromatic heterocycles. The third-order valence-corrected chi connectivity index (χ3v) is 3.34. The number of nitrogens with one attached hydrogen (secondary N) is 1. The van der Waals surface area contributed by atoms with Crippen LogP contribution in [-0.4, -0.2) is 55.1 Å². The van der Waals surface area contributed by atoms with Gasteiger partial charge in [-0.3, -0.25) is 9.69 Å². The predicted molar refractivity (Wildman–Crippen MR) is 71.0 cm³/mol. The molecule has 0 saturated carbocycles. The molecule has 3 aliphatic rings. The van der Waals surface area contributed by atoms with Crippen molar-refractivity contribution in [2.24, 2.45) is 15.9 Å². The van der Waals surface area contributed by atoms with Crippen LogP contribution in [0.15, 0.2) is 34.3 Å². The Hall–Kier alpha value is -1.59. The molecular weight excluding hydrogens is 228 g/mol. The maximum atomic E-state index is 11.9. The van der Waals surface area contributed by atoms with E-state index in [-0.39, 0.29) is 11.8 Å². The van der Waals surface area contributed by atoms with E-state index in [0.29, 0.717) is 12.4 Å². The fourth-order valence-corrected chi connectivity index (χ4v) is 2.36. The maximum absolute atomic E-state index is 11.9. The molecule has 2 aliphatic heterocycles. The number of carbonyl (C=O) groups is 1. The number of rotatable bonds is 2. The minimum absolute atomic E-state index is 0.0919. The highest BCUT2D eigenvalue weighted by molar-refractivity contribution is 6.21. The molecule has 5 heteroatoms. The molecule has 1 N–H and O–H groups in total. The molecule has 1 fully saturated rings. The summed E-state index contributed by atoms with van der Waals surface area (Å²) in [5.41, 5.74) is 0.822. The normalized spacial score (nSPS) is 27.8. The molecule has 5 nitrogen and oxygen atoms in total. The highest BCUT2D eigenvalue weighted by atomic mass is 16.1. The van der Waals surface area contributed by atoms with Crippen LogP contribution < -0.4 is 5.32 Å². The van der Waals surface area contributed by atoms with Crippen LogP contribution in [0.3, 0.4) is 0 Å². The average molecular weight is 244 g/mol. The van der Waals surface area contributed by atoms with E-state index in [9.17, 15) is 4.79 Å².